The smallest absolute Gasteiger partial charge is 0.331 e. The van der Waals surface area contributed by atoms with Gasteiger partial charge in [-0.1, -0.05) is 0 Å². The highest BCUT2D eigenvalue weighted by atomic mass is 16.4. The third-order valence-electron chi connectivity index (χ3n) is 2.90. The molecule has 0 aromatic heterocycles. The predicted octanol–water partition coefficient (Wildman–Crippen LogP) is 1.61. The Morgan fingerprint density at radius 2 is 1.89 bits per heavy atom. The zero-order chi connectivity index (χ0) is 13.9. The van der Waals surface area contributed by atoms with E-state index in [1.165, 1.54) is 4.90 Å². The number of phenols is 1. The third-order valence-corrected chi connectivity index (χ3v) is 2.90. The summed E-state index contributed by atoms with van der Waals surface area (Å²) in [6, 6.07) is 2.16. The second-order valence-corrected chi connectivity index (χ2v) is 4.18. The van der Waals surface area contributed by atoms with Crippen molar-refractivity contribution in [1.82, 2.24) is 4.90 Å². The quantitative estimate of drug-likeness (QED) is 0.779. The maximum absolute atomic E-state index is 11.3. The number of carboxylic acids is 1. The number of benzene rings is 1. The second-order valence-electron chi connectivity index (χ2n) is 4.18. The van der Waals surface area contributed by atoms with E-state index in [1.54, 1.807) is 32.9 Å². The van der Waals surface area contributed by atoms with Crippen molar-refractivity contribution in [3.05, 3.63) is 28.8 Å². The normalized spacial score (nSPS) is 11.9. The molecule has 5 heteroatoms. The molecule has 1 aromatic rings. The summed E-state index contributed by atoms with van der Waals surface area (Å²) in [6.45, 7) is 5.41. The summed E-state index contributed by atoms with van der Waals surface area (Å²) >= 11 is 0. The molecule has 0 spiro atoms. The van der Waals surface area contributed by atoms with Crippen molar-refractivity contribution in [1.29, 1.82) is 0 Å². The number of aliphatic carboxylic acids is 1. The SMILES string of the molecule is CCN(C=O)C(C(=O)O)c1cc(C)c(O)c(C)c1. The molecule has 1 atom stereocenters. The van der Waals surface area contributed by atoms with Crippen LogP contribution in [-0.2, 0) is 9.59 Å². The third kappa shape index (κ3) is 2.61. The van der Waals surface area contributed by atoms with E-state index < -0.39 is 12.0 Å². The van der Waals surface area contributed by atoms with Crippen LogP contribution in [0.1, 0.15) is 29.7 Å². The minimum atomic E-state index is -1.09. The zero-order valence-corrected chi connectivity index (χ0v) is 10.7. The minimum Gasteiger partial charge on any atom is -0.507 e. The second kappa shape index (κ2) is 5.53. The van der Waals surface area contributed by atoms with Crippen LogP contribution in [0.5, 0.6) is 5.75 Å². The van der Waals surface area contributed by atoms with Crippen molar-refractivity contribution in [2.45, 2.75) is 26.8 Å². The maximum Gasteiger partial charge on any atom is 0.331 e. The summed E-state index contributed by atoms with van der Waals surface area (Å²) in [4.78, 5) is 23.4. The average molecular weight is 251 g/mol. The molecule has 0 radical (unpaired) electrons. The molecule has 0 saturated carbocycles. The van der Waals surface area contributed by atoms with Gasteiger partial charge in [0.2, 0.25) is 6.41 Å². The lowest BCUT2D eigenvalue weighted by Gasteiger charge is -2.24. The van der Waals surface area contributed by atoms with Crippen molar-refractivity contribution < 1.29 is 19.8 Å². The number of carboxylic acid groups (broad SMARTS) is 1. The first kappa shape index (κ1) is 14.0. The van der Waals surface area contributed by atoms with Gasteiger partial charge in [-0.05, 0) is 49.6 Å². The molecule has 0 aliphatic rings. The molecular weight excluding hydrogens is 234 g/mol. The summed E-state index contributed by atoms with van der Waals surface area (Å²) in [5.74, 6) is -0.939. The monoisotopic (exact) mass is 251 g/mol. The number of hydrogen-bond acceptors (Lipinski definition) is 3. The lowest BCUT2D eigenvalue weighted by molar-refractivity contribution is -0.146. The molecule has 0 heterocycles. The number of aryl methyl sites for hydroxylation is 2. The van der Waals surface area contributed by atoms with Gasteiger partial charge >= 0.3 is 5.97 Å². The van der Waals surface area contributed by atoms with Gasteiger partial charge in [0.25, 0.3) is 0 Å². The number of carbonyl (C=O) groups is 2. The van der Waals surface area contributed by atoms with Crippen LogP contribution in [0.4, 0.5) is 0 Å². The summed E-state index contributed by atoms with van der Waals surface area (Å²) < 4.78 is 0. The lowest BCUT2D eigenvalue weighted by Crippen LogP contribution is -2.33. The summed E-state index contributed by atoms with van der Waals surface area (Å²) in [5, 5.41) is 18.9. The highest BCUT2D eigenvalue weighted by Gasteiger charge is 2.26. The van der Waals surface area contributed by atoms with Crippen LogP contribution >= 0.6 is 0 Å². The standard InChI is InChI=1S/C13H17NO4/c1-4-14(7-15)11(13(17)18)10-5-8(2)12(16)9(3)6-10/h5-7,11,16H,4H2,1-3H3,(H,17,18). The van der Waals surface area contributed by atoms with E-state index in [-0.39, 0.29) is 5.75 Å². The molecule has 5 nitrogen and oxygen atoms in total. The molecule has 0 saturated heterocycles. The number of likely N-dealkylation sites (N-methyl/N-ethyl adjacent to an activating group) is 1. The molecule has 2 N–H and O–H groups in total. The number of hydrogen-bond donors (Lipinski definition) is 2. The van der Waals surface area contributed by atoms with E-state index in [1.807, 2.05) is 0 Å². The number of nitrogens with zero attached hydrogens (tertiary/aromatic N) is 1. The van der Waals surface area contributed by atoms with Gasteiger partial charge in [0.1, 0.15) is 5.75 Å². The van der Waals surface area contributed by atoms with Gasteiger partial charge in [-0.15, -0.1) is 0 Å². The Kier molecular flexibility index (Phi) is 4.31. The molecule has 0 aliphatic carbocycles. The maximum atomic E-state index is 11.3. The fourth-order valence-electron chi connectivity index (χ4n) is 1.94. The van der Waals surface area contributed by atoms with Crippen molar-refractivity contribution in [2.24, 2.45) is 0 Å². The van der Waals surface area contributed by atoms with Crippen LogP contribution in [-0.4, -0.2) is 34.0 Å². The molecule has 0 aliphatic heterocycles. The average Bonchev–Trinajstić information content (AvgIpc) is 2.31. The van der Waals surface area contributed by atoms with Crippen molar-refractivity contribution in [3.63, 3.8) is 0 Å². The van der Waals surface area contributed by atoms with E-state index in [2.05, 4.69) is 0 Å². The van der Waals surface area contributed by atoms with Crippen LogP contribution in [0.2, 0.25) is 0 Å². The van der Waals surface area contributed by atoms with E-state index in [4.69, 9.17) is 0 Å². The van der Waals surface area contributed by atoms with Crippen molar-refractivity contribution >= 4 is 12.4 Å². The Morgan fingerprint density at radius 1 is 1.39 bits per heavy atom. The zero-order valence-electron chi connectivity index (χ0n) is 10.7. The first-order valence-electron chi connectivity index (χ1n) is 5.66. The summed E-state index contributed by atoms with van der Waals surface area (Å²) in [6.07, 6.45) is 0.524. The van der Waals surface area contributed by atoms with Gasteiger partial charge in [-0.3, -0.25) is 4.79 Å². The van der Waals surface area contributed by atoms with Crippen molar-refractivity contribution in [2.75, 3.05) is 6.54 Å². The molecule has 1 unspecified atom stereocenters. The van der Waals surface area contributed by atoms with E-state index in [0.29, 0.717) is 29.6 Å². The highest BCUT2D eigenvalue weighted by molar-refractivity contribution is 5.78. The Labute approximate surface area is 106 Å². The summed E-state index contributed by atoms with van der Waals surface area (Å²) in [7, 11) is 0. The van der Waals surface area contributed by atoms with Crippen LogP contribution in [0.25, 0.3) is 0 Å². The first-order chi connectivity index (χ1) is 8.42. The fraction of sp³-hybridized carbons (Fsp3) is 0.385. The van der Waals surface area contributed by atoms with Gasteiger partial charge in [0, 0.05) is 6.54 Å². The molecule has 18 heavy (non-hydrogen) atoms. The molecule has 1 amide bonds. The molecule has 0 fully saturated rings. The Balaban J connectivity index is 3.30. The number of amides is 1. The first-order valence-corrected chi connectivity index (χ1v) is 5.66. The minimum absolute atomic E-state index is 0.150. The van der Waals surface area contributed by atoms with Gasteiger partial charge in [0.05, 0.1) is 0 Å². The molecule has 0 bridgehead atoms. The van der Waals surface area contributed by atoms with Gasteiger partial charge in [-0.2, -0.15) is 0 Å². The number of carbonyl (C=O) groups excluding carboxylic acids is 1. The largest absolute Gasteiger partial charge is 0.507 e. The Hall–Kier alpha value is -2.04. The predicted molar refractivity (Wildman–Crippen MR) is 66.4 cm³/mol. The van der Waals surface area contributed by atoms with Gasteiger partial charge in [0.15, 0.2) is 6.04 Å². The van der Waals surface area contributed by atoms with Gasteiger partial charge < -0.3 is 15.1 Å². The van der Waals surface area contributed by atoms with Crippen LogP contribution in [0.3, 0.4) is 0 Å². The van der Waals surface area contributed by atoms with E-state index in [0.717, 1.165) is 0 Å². The summed E-state index contributed by atoms with van der Waals surface area (Å²) in [5.41, 5.74) is 1.68. The molecule has 1 aromatic carbocycles. The molecule has 1 rings (SSSR count). The molecule has 98 valence electrons. The topological polar surface area (TPSA) is 77.8 Å². The highest BCUT2D eigenvalue weighted by Crippen LogP contribution is 2.28. The Morgan fingerprint density at radius 3 is 2.22 bits per heavy atom. The van der Waals surface area contributed by atoms with Crippen molar-refractivity contribution in [3.8, 4) is 5.75 Å². The number of aromatic hydroxyl groups is 1. The van der Waals surface area contributed by atoms with Crippen LogP contribution in [0.15, 0.2) is 12.1 Å². The number of phenolic OH excluding ortho intramolecular Hbond substituents is 1. The lowest BCUT2D eigenvalue weighted by atomic mass is 9.99. The van der Waals surface area contributed by atoms with E-state index >= 15 is 0 Å². The van der Waals surface area contributed by atoms with E-state index in [9.17, 15) is 19.8 Å². The Bertz CT molecular complexity index is 447. The number of rotatable bonds is 5. The molecular formula is C13H17NO4. The van der Waals surface area contributed by atoms with Crippen LogP contribution < -0.4 is 0 Å². The fourth-order valence-corrected chi connectivity index (χ4v) is 1.94. The van der Waals surface area contributed by atoms with Gasteiger partial charge in [-0.25, -0.2) is 4.79 Å². The van der Waals surface area contributed by atoms with Crippen LogP contribution in [0, 0.1) is 13.8 Å².